The summed E-state index contributed by atoms with van der Waals surface area (Å²) < 4.78 is 12.0. The molecular formula is C30H26Cl2N2O5S. The molecular weight excluding hydrogens is 571 g/mol. The van der Waals surface area contributed by atoms with Gasteiger partial charge in [-0.25, -0.2) is 0 Å². The van der Waals surface area contributed by atoms with Gasteiger partial charge in [-0.2, -0.15) is 0 Å². The van der Waals surface area contributed by atoms with E-state index in [1.807, 2.05) is 31.2 Å². The maximum absolute atomic E-state index is 13.1. The Morgan fingerprint density at radius 2 is 1.75 bits per heavy atom. The molecule has 0 aliphatic carbocycles. The second-order valence-electron chi connectivity index (χ2n) is 8.61. The molecule has 3 aromatic carbocycles. The average Bonchev–Trinajstić information content (AvgIpc) is 3.18. The number of halogens is 2. The summed E-state index contributed by atoms with van der Waals surface area (Å²) in [5.41, 5.74) is 2.65. The van der Waals surface area contributed by atoms with Gasteiger partial charge in [0.05, 0.1) is 22.2 Å². The van der Waals surface area contributed by atoms with Crippen molar-refractivity contribution in [3.8, 4) is 11.5 Å². The number of allylic oxidation sites excluding steroid dienone is 1. The summed E-state index contributed by atoms with van der Waals surface area (Å²) in [6, 6.07) is 17.7. The minimum Gasteiger partial charge on any atom is -0.490 e. The molecule has 0 atom stereocenters. The molecule has 0 aromatic heterocycles. The molecule has 1 fully saturated rings. The zero-order chi connectivity index (χ0) is 28.6. The fraction of sp³-hybridized carbons (Fsp3) is 0.167. The van der Waals surface area contributed by atoms with Crippen LogP contribution in [-0.2, 0) is 22.6 Å². The maximum atomic E-state index is 13.1. The predicted molar refractivity (Wildman–Crippen MR) is 160 cm³/mol. The molecule has 1 aliphatic rings. The number of anilines is 1. The van der Waals surface area contributed by atoms with Gasteiger partial charge in [0.25, 0.3) is 11.1 Å². The minimum atomic E-state index is -0.563. The van der Waals surface area contributed by atoms with Crippen molar-refractivity contribution in [3.05, 3.63) is 105 Å². The molecule has 3 aromatic rings. The van der Waals surface area contributed by atoms with Gasteiger partial charge in [0.2, 0.25) is 5.91 Å². The normalized spacial score (nSPS) is 14.0. The lowest BCUT2D eigenvalue weighted by Gasteiger charge is -2.17. The number of thioether (sulfide) groups is 1. The highest BCUT2D eigenvalue weighted by molar-refractivity contribution is 8.18. The van der Waals surface area contributed by atoms with Crippen LogP contribution in [-0.4, -0.2) is 35.1 Å². The summed E-state index contributed by atoms with van der Waals surface area (Å²) in [7, 11) is 0. The predicted octanol–water partition coefficient (Wildman–Crippen LogP) is 7.37. The Hall–Kier alpha value is -3.72. The molecule has 0 saturated carbocycles. The smallest absolute Gasteiger partial charge is 0.294 e. The van der Waals surface area contributed by atoms with Gasteiger partial charge in [0, 0.05) is 16.1 Å². The van der Waals surface area contributed by atoms with Crippen LogP contribution in [0, 0.1) is 0 Å². The first-order valence-electron chi connectivity index (χ1n) is 12.4. The summed E-state index contributed by atoms with van der Waals surface area (Å²) in [5, 5.41) is 3.03. The number of hydrogen-bond acceptors (Lipinski definition) is 6. The van der Waals surface area contributed by atoms with E-state index >= 15 is 0 Å². The monoisotopic (exact) mass is 596 g/mol. The molecule has 1 saturated heterocycles. The van der Waals surface area contributed by atoms with Crippen molar-refractivity contribution in [2.45, 2.75) is 20.0 Å². The van der Waals surface area contributed by atoms with E-state index in [4.69, 9.17) is 32.7 Å². The van der Waals surface area contributed by atoms with Gasteiger partial charge < -0.3 is 14.8 Å². The van der Waals surface area contributed by atoms with Gasteiger partial charge in [-0.1, -0.05) is 59.6 Å². The van der Waals surface area contributed by atoms with E-state index in [1.165, 1.54) is 0 Å². The van der Waals surface area contributed by atoms with Crippen LogP contribution in [0.25, 0.3) is 6.08 Å². The molecule has 0 spiro atoms. The van der Waals surface area contributed by atoms with Gasteiger partial charge in [0.15, 0.2) is 11.5 Å². The van der Waals surface area contributed by atoms with Crippen molar-refractivity contribution in [2.24, 2.45) is 0 Å². The fourth-order valence-electron chi connectivity index (χ4n) is 3.95. The molecule has 1 N–H and O–H groups in total. The zero-order valence-electron chi connectivity index (χ0n) is 21.6. The first-order chi connectivity index (χ1) is 19.3. The van der Waals surface area contributed by atoms with Gasteiger partial charge in [-0.3, -0.25) is 19.3 Å². The Kier molecular flexibility index (Phi) is 9.93. The quantitative estimate of drug-likeness (QED) is 0.184. The molecule has 0 unspecified atom stereocenters. The standard InChI is InChI=1S/C30H26Cl2N2O5S/c1-3-9-20-14-19(15-25(38-4-2)28(20)39-18-21-10-5-6-11-22(21)31)16-26-29(36)34(30(37)40-26)17-27(35)33-24-13-8-7-12-23(24)32/h3,5-8,10-16H,1,4,9,17-18H2,2H3,(H,33,35)/b26-16+. The number of hydrogen-bond donors (Lipinski definition) is 1. The van der Waals surface area contributed by atoms with E-state index in [1.54, 1.807) is 48.6 Å². The molecule has 4 rings (SSSR count). The third-order valence-corrected chi connectivity index (χ3v) is 7.37. The van der Waals surface area contributed by atoms with Crippen molar-refractivity contribution in [3.63, 3.8) is 0 Å². The van der Waals surface area contributed by atoms with E-state index in [-0.39, 0.29) is 11.5 Å². The molecule has 206 valence electrons. The minimum absolute atomic E-state index is 0.187. The number of para-hydroxylation sites is 1. The molecule has 0 bridgehead atoms. The third kappa shape index (κ3) is 7.07. The summed E-state index contributed by atoms with van der Waals surface area (Å²) in [6.45, 7) is 5.89. The van der Waals surface area contributed by atoms with Crippen LogP contribution in [0.5, 0.6) is 11.5 Å². The van der Waals surface area contributed by atoms with Crippen molar-refractivity contribution in [1.82, 2.24) is 4.90 Å². The summed E-state index contributed by atoms with van der Waals surface area (Å²) in [4.78, 5) is 39.3. The molecule has 7 nitrogen and oxygen atoms in total. The van der Waals surface area contributed by atoms with Crippen LogP contribution in [0.2, 0.25) is 10.0 Å². The number of amides is 3. The lowest BCUT2D eigenvalue weighted by molar-refractivity contribution is -0.127. The van der Waals surface area contributed by atoms with Gasteiger partial charge in [-0.05, 0) is 67.1 Å². The van der Waals surface area contributed by atoms with E-state index in [0.29, 0.717) is 45.8 Å². The summed E-state index contributed by atoms with van der Waals surface area (Å²) in [5.74, 6) is -0.0724. The molecule has 0 radical (unpaired) electrons. The van der Waals surface area contributed by atoms with Crippen molar-refractivity contribution < 1.29 is 23.9 Å². The Morgan fingerprint density at radius 1 is 1.02 bits per heavy atom. The zero-order valence-corrected chi connectivity index (χ0v) is 23.9. The second-order valence-corrected chi connectivity index (χ2v) is 10.4. The van der Waals surface area contributed by atoms with Crippen molar-refractivity contribution in [1.29, 1.82) is 0 Å². The van der Waals surface area contributed by atoms with E-state index < -0.39 is 23.6 Å². The Labute approximate surface area is 246 Å². The lowest BCUT2D eigenvalue weighted by atomic mass is 10.0. The number of rotatable bonds is 11. The van der Waals surface area contributed by atoms with Crippen LogP contribution < -0.4 is 14.8 Å². The van der Waals surface area contributed by atoms with Crippen LogP contribution in [0.4, 0.5) is 10.5 Å². The van der Waals surface area contributed by atoms with Crippen LogP contribution >= 0.6 is 35.0 Å². The number of nitrogens with one attached hydrogen (secondary N) is 1. The SMILES string of the molecule is C=CCc1cc(/C=C2/SC(=O)N(CC(=O)Nc3ccccc3Cl)C2=O)cc(OCC)c1OCc1ccccc1Cl. The highest BCUT2D eigenvalue weighted by Crippen LogP contribution is 2.38. The highest BCUT2D eigenvalue weighted by Gasteiger charge is 2.36. The largest absolute Gasteiger partial charge is 0.490 e. The topological polar surface area (TPSA) is 84.9 Å². The Bertz CT molecular complexity index is 1490. The number of imide groups is 1. The average molecular weight is 598 g/mol. The molecule has 1 aliphatic heterocycles. The van der Waals surface area contributed by atoms with Crippen LogP contribution in [0.15, 0.2) is 78.2 Å². The van der Waals surface area contributed by atoms with Crippen molar-refractivity contribution in [2.75, 3.05) is 18.5 Å². The first-order valence-corrected chi connectivity index (χ1v) is 13.9. The summed E-state index contributed by atoms with van der Waals surface area (Å²) >= 11 is 13.2. The van der Waals surface area contributed by atoms with Crippen molar-refractivity contribution >= 4 is 63.8 Å². The van der Waals surface area contributed by atoms with E-state index in [2.05, 4.69) is 11.9 Å². The number of carbonyl (C=O) groups is 3. The van der Waals surface area contributed by atoms with Crippen LogP contribution in [0.1, 0.15) is 23.6 Å². The molecule has 10 heteroatoms. The Balaban J connectivity index is 1.56. The lowest BCUT2D eigenvalue weighted by Crippen LogP contribution is -2.36. The van der Waals surface area contributed by atoms with Gasteiger partial charge in [-0.15, -0.1) is 6.58 Å². The third-order valence-electron chi connectivity index (χ3n) is 5.77. The Morgan fingerprint density at radius 3 is 2.45 bits per heavy atom. The van der Waals surface area contributed by atoms with Gasteiger partial charge in [0.1, 0.15) is 13.2 Å². The number of benzene rings is 3. The molecule has 1 heterocycles. The molecule has 3 amide bonds. The summed E-state index contributed by atoms with van der Waals surface area (Å²) in [6.07, 6.45) is 3.82. The van der Waals surface area contributed by atoms with Crippen LogP contribution in [0.3, 0.4) is 0 Å². The second kappa shape index (κ2) is 13.6. The van der Waals surface area contributed by atoms with E-state index in [9.17, 15) is 14.4 Å². The maximum Gasteiger partial charge on any atom is 0.294 e. The number of ether oxygens (including phenoxy) is 2. The van der Waals surface area contributed by atoms with Gasteiger partial charge >= 0.3 is 0 Å². The van der Waals surface area contributed by atoms with E-state index in [0.717, 1.165) is 27.8 Å². The fourth-order valence-corrected chi connectivity index (χ4v) is 5.16. The number of carbonyl (C=O) groups excluding carboxylic acids is 3. The first kappa shape index (κ1) is 29.3. The highest BCUT2D eigenvalue weighted by atomic mass is 35.5. The number of nitrogens with zero attached hydrogens (tertiary/aromatic N) is 1. The molecule has 40 heavy (non-hydrogen) atoms.